The van der Waals surface area contributed by atoms with E-state index in [1.165, 1.54) is 0 Å². The van der Waals surface area contributed by atoms with Crippen LogP contribution in [0.4, 0.5) is 0 Å². The highest BCUT2D eigenvalue weighted by Crippen LogP contribution is 2.23. The van der Waals surface area contributed by atoms with Crippen LogP contribution in [0.15, 0.2) is 43.0 Å². The number of carbonyl (C=O) groups is 1. The van der Waals surface area contributed by atoms with Crippen molar-refractivity contribution in [3.8, 4) is 11.4 Å². The lowest BCUT2D eigenvalue weighted by Crippen LogP contribution is -2.30. The number of primary amides is 1. The van der Waals surface area contributed by atoms with E-state index in [2.05, 4.69) is 19.9 Å². The van der Waals surface area contributed by atoms with E-state index >= 15 is 0 Å². The Hall–Kier alpha value is -3.06. The van der Waals surface area contributed by atoms with Crippen molar-refractivity contribution in [1.29, 1.82) is 0 Å². The van der Waals surface area contributed by atoms with Crippen molar-refractivity contribution in [2.45, 2.75) is 19.5 Å². The molecule has 1 aliphatic rings. The van der Waals surface area contributed by atoms with Gasteiger partial charge in [0.2, 0.25) is 5.91 Å². The largest absolute Gasteiger partial charge is 0.366 e. The third kappa shape index (κ3) is 3.27. The summed E-state index contributed by atoms with van der Waals surface area (Å²) >= 11 is 0. The van der Waals surface area contributed by atoms with Gasteiger partial charge in [-0.1, -0.05) is 12.1 Å². The summed E-state index contributed by atoms with van der Waals surface area (Å²) < 4.78 is 0. The van der Waals surface area contributed by atoms with Gasteiger partial charge in [-0.3, -0.25) is 9.69 Å². The summed E-state index contributed by atoms with van der Waals surface area (Å²) in [5.41, 5.74) is 10.1. The molecule has 25 heavy (non-hydrogen) atoms. The van der Waals surface area contributed by atoms with E-state index in [1.807, 2.05) is 24.5 Å². The highest BCUT2D eigenvalue weighted by molar-refractivity contribution is 5.93. The number of imidazole rings is 1. The second-order valence-electron chi connectivity index (χ2n) is 6.16. The topological polar surface area (TPSA) is 101 Å². The van der Waals surface area contributed by atoms with E-state index in [0.29, 0.717) is 5.56 Å². The van der Waals surface area contributed by atoms with Gasteiger partial charge in [0.05, 0.1) is 11.4 Å². The summed E-state index contributed by atoms with van der Waals surface area (Å²) in [5.74, 6) is 0.400. The van der Waals surface area contributed by atoms with Gasteiger partial charge in [-0.15, -0.1) is 0 Å². The van der Waals surface area contributed by atoms with Crippen molar-refractivity contribution in [1.82, 2.24) is 24.8 Å². The van der Waals surface area contributed by atoms with E-state index < -0.39 is 5.91 Å². The maximum Gasteiger partial charge on any atom is 0.248 e. The van der Waals surface area contributed by atoms with Gasteiger partial charge in [-0.25, -0.2) is 15.0 Å². The molecule has 1 aromatic carbocycles. The first kappa shape index (κ1) is 15.5. The Labute approximate surface area is 144 Å². The molecule has 0 spiro atoms. The molecule has 0 fully saturated rings. The zero-order chi connectivity index (χ0) is 17.2. The lowest BCUT2D eigenvalue weighted by atomic mass is 10.1. The quantitative estimate of drug-likeness (QED) is 0.753. The Morgan fingerprint density at radius 3 is 2.68 bits per heavy atom. The summed E-state index contributed by atoms with van der Waals surface area (Å²) in [4.78, 5) is 29.8. The first-order chi connectivity index (χ1) is 12.2. The van der Waals surface area contributed by atoms with Gasteiger partial charge in [0.1, 0.15) is 12.2 Å². The molecular weight excluding hydrogens is 316 g/mol. The molecule has 3 aromatic rings. The van der Waals surface area contributed by atoms with Crippen LogP contribution in [0.1, 0.15) is 27.3 Å². The first-order valence-corrected chi connectivity index (χ1v) is 8.13. The zero-order valence-corrected chi connectivity index (χ0v) is 13.6. The van der Waals surface area contributed by atoms with Crippen molar-refractivity contribution >= 4 is 5.91 Å². The molecule has 7 nitrogen and oxygen atoms in total. The third-order valence-electron chi connectivity index (χ3n) is 4.37. The van der Waals surface area contributed by atoms with Crippen molar-refractivity contribution in [3.63, 3.8) is 0 Å². The average Bonchev–Trinajstić information content (AvgIpc) is 3.06. The minimum Gasteiger partial charge on any atom is -0.366 e. The molecule has 3 N–H and O–H groups in total. The molecule has 0 atom stereocenters. The summed E-state index contributed by atoms with van der Waals surface area (Å²) in [7, 11) is 0. The second-order valence-corrected chi connectivity index (χ2v) is 6.16. The van der Waals surface area contributed by atoms with Gasteiger partial charge in [0, 0.05) is 55.1 Å². The van der Waals surface area contributed by atoms with Crippen LogP contribution in [-0.4, -0.2) is 37.3 Å². The Morgan fingerprint density at radius 1 is 1.20 bits per heavy atom. The van der Waals surface area contributed by atoms with Gasteiger partial charge in [0.15, 0.2) is 0 Å². The van der Waals surface area contributed by atoms with Crippen molar-refractivity contribution in [3.05, 3.63) is 65.5 Å². The minimum atomic E-state index is -0.425. The Morgan fingerprint density at radius 2 is 1.96 bits per heavy atom. The number of carbonyl (C=O) groups excluding carboxylic acids is 1. The zero-order valence-electron chi connectivity index (χ0n) is 13.6. The molecule has 0 unspecified atom stereocenters. The summed E-state index contributed by atoms with van der Waals surface area (Å²) in [6.45, 7) is 2.59. The number of amides is 1. The lowest BCUT2D eigenvalue weighted by Gasteiger charge is -2.25. The van der Waals surface area contributed by atoms with E-state index in [-0.39, 0.29) is 0 Å². The molecule has 1 amide bonds. The number of hydrogen-bond donors (Lipinski definition) is 2. The van der Waals surface area contributed by atoms with Gasteiger partial charge in [0.25, 0.3) is 0 Å². The number of rotatable bonds is 4. The van der Waals surface area contributed by atoms with E-state index in [0.717, 1.165) is 54.4 Å². The van der Waals surface area contributed by atoms with Crippen LogP contribution in [0.3, 0.4) is 0 Å². The predicted molar refractivity (Wildman–Crippen MR) is 92.4 cm³/mol. The fraction of sp³-hybridized carbons (Fsp3) is 0.222. The first-order valence-electron chi connectivity index (χ1n) is 8.13. The monoisotopic (exact) mass is 334 g/mol. The summed E-state index contributed by atoms with van der Waals surface area (Å²) in [5, 5.41) is 0. The maximum absolute atomic E-state index is 11.2. The number of aromatic nitrogens is 4. The highest BCUT2D eigenvalue weighted by atomic mass is 16.1. The molecule has 7 heteroatoms. The lowest BCUT2D eigenvalue weighted by molar-refractivity contribution is 0.100. The molecule has 0 aliphatic carbocycles. The molecule has 0 saturated heterocycles. The number of benzene rings is 1. The van der Waals surface area contributed by atoms with Gasteiger partial charge < -0.3 is 10.7 Å². The normalized spacial score (nSPS) is 14.2. The van der Waals surface area contributed by atoms with E-state index in [1.54, 1.807) is 18.5 Å². The maximum atomic E-state index is 11.2. The molecule has 3 heterocycles. The van der Waals surface area contributed by atoms with E-state index in [9.17, 15) is 4.79 Å². The van der Waals surface area contributed by atoms with Crippen molar-refractivity contribution < 1.29 is 4.79 Å². The minimum absolute atomic E-state index is 0.425. The molecule has 0 saturated carbocycles. The fourth-order valence-corrected chi connectivity index (χ4v) is 3.08. The molecule has 126 valence electrons. The molecule has 0 radical (unpaired) electrons. The van der Waals surface area contributed by atoms with Crippen LogP contribution in [0, 0.1) is 0 Å². The second kappa shape index (κ2) is 6.45. The summed E-state index contributed by atoms with van der Waals surface area (Å²) in [6, 6.07) is 7.18. The number of nitrogens with one attached hydrogen (secondary N) is 1. The Balaban J connectivity index is 1.51. The Bertz CT molecular complexity index is 888. The molecule has 0 bridgehead atoms. The fourth-order valence-electron chi connectivity index (χ4n) is 3.08. The van der Waals surface area contributed by atoms with Gasteiger partial charge in [-0.2, -0.15) is 0 Å². The van der Waals surface area contributed by atoms with Gasteiger partial charge >= 0.3 is 0 Å². The molecule has 4 rings (SSSR count). The molecule has 2 aromatic heterocycles. The SMILES string of the molecule is NC(=O)c1ccc(-c2nc3c([nH]2)CN(Cc2cncnc2)CC3)cc1. The predicted octanol–water partition coefficient (Wildman–Crippen LogP) is 1.52. The standard InChI is InChI=1S/C18H18N6O/c19-17(25)13-1-3-14(4-2-13)18-22-15-5-6-24(10-16(15)23-18)9-12-7-20-11-21-8-12/h1-4,7-8,11H,5-6,9-10H2,(H2,19,25)(H,22,23). The van der Waals surface area contributed by atoms with Crippen LogP contribution in [0.25, 0.3) is 11.4 Å². The van der Waals surface area contributed by atoms with Crippen LogP contribution in [0.2, 0.25) is 0 Å². The number of aromatic amines is 1. The smallest absolute Gasteiger partial charge is 0.248 e. The van der Waals surface area contributed by atoms with Gasteiger partial charge in [-0.05, 0) is 12.1 Å². The number of hydrogen-bond acceptors (Lipinski definition) is 5. The number of nitrogens with two attached hydrogens (primary N) is 1. The van der Waals surface area contributed by atoms with E-state index in [4.69, 9.17) is 10.7 Å². The van der Waals surface area contributed by atoms with Crippen LogP contribution in [0.5, 0.6) is 0 Å². The Kier molecular flexibility index (Phi) is 3.99. The van der Waals surface area contributed by atoms with Crippen LogP contribution < -0.4 is 5.73 Å². The highest BCUT2D eigenvalue weighted by Gasteiger charge is 2.21. The van der Waals surface area contributed by atoms with Crippen LogP contribution in [-0.2, 0) is 19.5 Å². The average molecular weight is 334 g/mol. The number of H-pyrrole nitrogens is 1. The van der Waals surface area contributed by atoms with Crippen LogP contribution >= 0.6 is 0 Å². The third-order valence-corrected chi connectivity index (χ3v) is 4.37. The molecular formula is C18H18N6O. The summed E-state index contributed by atoms with van der Waals surface area (Å²) in [6.07, 6.45) is 6.14. The van der Waals surface area contributed by atoms with Crippen molar-refractivity contribution in [2.75, 3.05) is 6.54 Å². The number of fused-ring (bicyclic) bond motifs is 1. The number of nitrogens with zero attached hydrogens (tertiary/aromatic N) is 4. The van der Waals surface area contributed by atoms with Crippen molar-refractivity contribution in [2.24, 2.45) is 5.73 Å². The molecule has 1 aliphatic heterocycles.